The van der Waals surface area contributed by atoms with Gasteiger partial charge in [-0.15, -0.1) is 0 Å². The Bertz CT molecular complexity index is 1180. The number of carbonyl (C=O) groups is 2. The number of ether oxygens (including phenoxy) is 1. The molecule has 2 saturated heterocycles. The SMILES string of the molecule is N#Cc1cc2cc(-c3ccc(C(=O)N4CCN(C(=O)C5CCO5)CC4)cc3)ccc2o1. The molecular formula is C24H21N3O4. The van der Waals surface area contributed by atoms with E-state index in [2.05, 4.69) is 0 Å². The molecular weight excluding hydrogens is 394 g/mol. The molecule has 0 radical (unpaired) electrons. The standard InChI is InChI=1S/C24H21N3O4/c25-15-20-14-19-13-18(5-6-21(19)31-20)16-1-3-17(4-2-16)23(28)26-8-10-27(11-9-26)24(29)22-7-12-30-22/h1-6,13-14,22H,7-12H2. The van der Waals surface area contributed by atoms with E-state index in [1.54, 1.807) is 15.9 Å². The molecule has 1 aromatic heterocycles. The maximum absolute atomic E-state index is 12.9. The molecule has 2 fully saturated rings. The second-order valence-electron chi connectivity index (χ2n) is 7.82. The molecule has 0 bridgehead atoms. The third-order valence-corrected chi connectivity index (χ3v) is 5.94. The number of furan rings is 1. The summed E-state index contributed by atoms with van der Waals surface area (Å²) in [6.07, 6.45) is 0.500. The number of fused-ring (bicyclic) bond motifs is 1. The molecule has 3 heterocycles. The van der Waals surface area contributed by atoms with Crippen LogP contribution in [0.1, 0.15) is 22.5 Å². The minimum absolute atomic E-state index is 0.0255. The van der Waals surface area contributed by atoms with Gasteiger partial charge in [-0.05, 0) is 35.4 Å². The molecule has 0 saturated carbocycles. The van der Waals surface area contributed by atoms with Gasteiger partial charge in [-0.25, -0.2) is 0 Å². The first-order chi connectivity index (χ1) is 15.1. The Labute approximate surface area is 179 Å². The molecule has 2 aromatic carbocycles. The number of hydrogen-bond donors (Lipinski definition) is 0. The summed E-state index contributed by atoms with van der Waals surface area (Å²) in [6, 6.07) is 17.0. The first-order valence-electron chi connectivity index (χ1n) is 10.4. The van der Waals surface area contributed by atoms with E-state index in [4.69, 9.17) is 14.4 Å². The van der Waals surface area contributed by atoms with Crippen LogP contribution in [0.5, 0.6) is 0 Å². The van der Waals surface area contributed by atoms with E-state index in [0.717, 1.165) is 22.9 Å². The summed E-state index contributed by atoms with van der Waals surface area (Å²) >= 11 is 0. The van der Waals surface area contributed by atoms with Crippen molar-refractivity contribution in [2.45, 2.75) is 12.5 Å². The Balaban J connectivity index is 1.25. The third kappa shape index (κ3) is 3.66. The van der Waals surface area contributed by atoms with Crippen LogP contribution in [0.2, 0.25) is 0 Å². The molecule has 3 aromatic rings. The lowest BCUT2D eigenvalue weighted by atomic mass is 10.0. The third-order valence-electron chi connectivity index (χ3n) is 5.94. The number of amides is 2. The number of hydrogen-bond acceptors (Lipinski definition) is 5. The van der Waals surface area contributed by atoms with Crippen LogP contribution in [0, 0.1) is 11.3 Å². The first-order valence-corrected chi connectivity index (χ1v) is 10.4. The zero-order chi connectivity index (χ0) is 21.4. The number of piperazine rings is 1. The van der Waals surface area contributed by atoms with E-state index in [1.807, 2.05) is 48.5 Å². The molecule has 7 nitrogen and oxygen atoms in total. The van der Waals surface area contributed by atoms with E-state index < -0.39 is 0 Å². The van der Waals surface area contributed by atoms with Crippen molar-refractivity contribution in [1.29, 1.82) is 5.26 Å². The lowest BCUT2D eigenvalue weighted by Crippen LogP contribution is -2.54. The number of nitrogens with zero attached hydrogens (tertiary/aromatic N) is 3. The van der Waals surface area contributed by atoms with Gasteiger partial charge in [-0.2, -0.15) is 5.26 Å². The maximum Gasteiger partial charge on any atom is 0.253 e. The second-order valence-corrected chi connectivity index (χ2v) is 7.82. The normalized spacial score (nSPS) is 18.5. The van der Waals surface area contributed by atoms with Crippen molar-refractivity contribution in [3.05, 3.63) is 59.9 Å². The van der Waals surface area contributed by atoms with Gasteiger partial charge in [-0.1, -0.05) is 18.2 Å². The van der Waals surface area contributed by atoms with Crippen molar-refractivity contribution < 1.29 is 18.7 Å². The lowest BCUT2D eigenvalue weighted by molar-refractivity contribution is -0.157. The van der Waals surface area contributed by atoms with E-state index in [-0.39, 0.29) is 23.7 Å². The zero-order valence-corrected chi connectivity index (χ0v) is 16.9. The van der Waals surface area contributed by atoms with Gasteiger partial charge in [0.05, 0.1) is 6.61 Å². The van der Waals surface area contributed by atoms with Gasteiger partial charge in [0.1, 0.15) is 17.8 Å². The molecule has 156 valence electrons. The molecule has 0 aliphatic carbocycles. The van der Waals surface area contributed by atoms with Crippen LogP contribution in [0.4, 0.5) is 0 Å². The molecule has 5 rings (SSSR count). The van der Waals surface area contributed by atoms with Gasteiger partial charge >= 0.3 is 0 Å². The molecule has 1 unspecified atom stereocenters. The van der Waals surface area contributed by atoms with Crippen molar-refractivity contribution in [2.24, 2.45) is 0 Å². The summed E-state index contributed by atoms with van der Waals surface area (Å²) in [7, 11) is 0. The van der Waals surface area contributed by atoms with Crippen molar-refractivity contribution in [3.8, 4) is 17.2 Å². The summed E-state index contributed by atoms with van der Waals surface area (Å²) in [5, 5.41) is 9.86. The van der Waals surface area contributed by atoms with Gasteiger partial charge in [0, 0.05) is 49.6 Å². The average molecular weight is 415 g/mol. The molecule has 0 spiro atoms. The fourth-order valence-electron chi connectivity index (χ4n) is 4.03. The highest BCUT2D eigenvalue weighted by atomic mass is 16.5. The van der Waals surface area contributed by atoms with Crippen molar-refractivity contribution in [1.82, 2.24) is 9.80 Å². The fourth-order valence-corrected chi connectivity index (χ4v) is 4.03. The Morgan fingerprint density at radius 1 is 0.935 bits per heavy atom. The highest BCUT2D eigenvalue weighted by Gasteiger charge is 2.33. The molecule has 2 amide bonds. The van der Waals surface area contributed by atoms with E-state index >= 15 is 0 Å². The number of rotatable bonds is 3. The van der Waals surface area contributed by atoms with Crippen LogP contribution in [0.15, 0.2) is 52.9 Å². The van der Waals surface area contributed by atoms with Crippen molar-refractivity contribution in [3.63, 3.8) is 0 Å². The Morgan fingerprint density at radius 2 is 1.61 bits per heavy atom. The van der Waals surface area contributed by atoms with Crippen LogP contribution in [0.3, 0.4) is 0 Å². The molecule has 2 aliphatic rings. The average Bonchev–Trinajstić information content (AvgIpc) is 3.20. The lowest BCUT2D eigenvalue weighted by Gasteiger charge is -2.38. The van der Waals surface area contributed by atoms with Crippen LogP contribution in [-0.2, 0) is 9.53 Å². The van der Waals surface area contributed by atoms with Gasteiger partial charge in [-0.3, -0.25) is 9.59 Å². The highest BCUT2D eigenvalue weighted by Crippen LogP contribution is 2.27. The van der Waals surface area contributed by atoms with E-state index in [1.165, 1.54) is 0 Å². The number of benzene rings is 2. The van der Waals surface area contributed by atoms with E-state index in [9.17, 15) is 9.59 Å². The van der Waals surface area contributed by atoms with Crippen LogP contribution in [0.25, 0.3) is 22.1 Å². The van der Waals surface area contributed by atoms with Gasteiger partial charge in [0.2, 0.25) is 5.76 Å². The topological polar surface area (TPSA) is 86.8 Å². The predicted molar refractivity (Wildman–Crippen MR) is 113 cm³/mol. The predicted octanol–water partition coefficient (Wildman–Crippen LogP) is 3.04. The quantitative estimate of drug-likeness (QED) is 0.656. The number of nitriles is 1. The summed E-state index contributed by atoms with van der Waals surface area (Å²) in [4.78, 5) is 28.8. The molecule has 2 aliphatic heterocycles. The Kier molecular flexibility index (Phi) is 4.92. The summed E-state index contributed by atoms with van der Waals surface area (Å²) in [5.74, 6) is 0.303. The summed E-state index contributed by atoms with van der Waals surface area (Å²) < 4.78 is 10.7. The molecule has 31 heavy (non-hydrogen) atoms. The van der Waals surface area contributed by atoms with Crippen LogP contribution in [-0.4, -0.2) is 60.5 Å². The van der Waals surface area contributed by atoms with Gasteiger partial charge < -0.3 is 19.0 Å². The molecule has 1 atom stereocenters. The van der Waals surface area contributed by atoms with Gasteiger partial charge in [0.25, 0.3) is 11.8 Å². The number of carbonyl (C=O) groups excluding carboxylic acids is 2. The minimum atomic E-state index is -0.289. The summed E-state index contributed by atoms with van der Waals surface area (Å²) in [6.45, 7) is 2.78. The highest BCUT2D eigenvalue weighted by molar-refractivity contribution is 5.95. The largest absolute Gasteiger partial charge is 0.446 e. The fraction of sp³-hybridized carbons (Fsp3) is 0.292. The monoisotopic (exact) mass is 415 g/mol. The van der Waals surface area contributed by atoms with Crippen molar-refractivity contribution in [2.75, 3.05) is 32.8 Å². The Morgan fingerprint density at radius 3 is 2.26 bits per heavy atom. The van der Waals surface area contributed by atoms with Crippen molar-refractivity contribution >= 4 is 22.8 Å². The zero-order valence-electron chi connectivity index (χ0n) is 16.9. The van der Waals surface area contributed by atoms with Crippen LogP contribution < -0.4 is 0 Å². The van der Waals surface area contributed by atoms with Crippen LogP contribution >= 0.6 is 0 Å². The molecule has 7 heteroatoms. The first kappa shape index (κ1) is 19.3. The molecule has 0 N–H and O–H groups in total. The minimum Gasteiger partial charge on any atom is -0.446 e. The Hall–Kier alpha value is -3.63. The van der Waals surface area contributed by atoms with Gasteiger partial charge in [0.15, 0.2) is 0 Å². The smallest absolute Gasteiger partial charge is 0.253 e. The van der Waals surface area contributed by atoms with E-state index in [0.29, 0.717) is 43.9 Å². The second kappa shape index (κ2) is 7.89. The summed E-state index contributed by atoms with van der Waals surface area (Å²) in [5.41, 5.74) is 3.27. The maximum atomic E-state index is 12.9.